The first-order valence-electron chi connectivity index (χ1n) is 10.1. The smallest absolute Gasteiger partial charge is 0.192 e. The Morgan fingerprint density at radius 2 is 1.93 bits per heavy atom. The summed E-state index contributed by atoms with van der Waals surface area (Å²) in [6.07, 6.45) is 2.09. The molecule has 0 amide bonds. The van der Waals surface area contributed by atoms with Crippen LogP contribution in [0.3, 0.4) is 0 Å². The van der Waals surface area contributed by atoms with Crippen molar-refractivity contribution in [3.63, 3.8) is 0 Å². The van der Waals surface area contributed by atoms with Crippen molar-refractivity contribution in [3.8, 4) is 11.4 Å². The van der Waals surface area contributed by atoms with E-state index in [9.17, 15) is 9.18 Å². The second-order valence-corrected chi connectivity index (χ2v) is 8.86. The van der Waals surface area contributed by atoms with E-state index in [0.717, 1.165) is 30.6 Å². The van der Waals surface area contributed by atoms with Crippen LogP contribution >= 0.6 is 11.8 Å². The molecule has 1 aliphatic rings. The standard InChI is InChI=1S/C23H24FN3O2S/c1-15-5-7-17(8-6-15)21(28)16(2)30-23-26-25-22(18-9-11-19(24)12-10-18)27(23)14-20-4-3-13-29-20/h5-12,16,20H,3-4,13-14H2,1-2H3. The molecule has 2 unspecified atom stereocenters. The Kier molecular flexibility index (Phi) is 6.29. The molecule has 30 heavy (non-hydrogen) atoms. The van der Waals surface area contributed by atoms with E-state index in [0.29, 0.717) is 23.1 Å². The molecule has 5 nitrogen and oxygen atoms in total. The van der Waals surface area contributed by atoms with Crippen LogP contribution in [-0.2, 0) is 11.3 Å². The van der Waals surface area contributed by atoms with Crippen molar-refractivity contribution in [2.45, 2.75) is 49.7 Å². The molecule has 2 heterocycles. The van der Waals surface area contributed by atoms with Crippen LogP contribution in [0.5, 0.6) is 0 Å². The van der Waals surface area contributed by atoms with Gasteiger partial charge < -0.3 is 4.74 Å². The van der Waals surface area contributed by atoms with Gasteiger partial charge in [0, 0.05) is 17.7 Å². The highest BCUT2D eigenvalue weighted by Crippen LogP contribution is 2.30. The zero-order valence-corrected chi connectivity index (χ0v) is 17.9. The Hall–Kier alpha value is -2.51. The van der Waals surface area contributed by atoms with Crippen molar-refractivity contribution in [1.82, 2.24) is 14.8 Å². The molecule has 3 aromatic rings. The second-order valence-electron chi connectivity index (χ2n) is 7.55. The van der Waals surface area contributed by atoms with Crippen molar-refractivity contribution < 1.29 is 13.9 Å². The number of carbonyl (C=O) groups excluding carboxylic acids is 1. The minimum absolute atomic E-state index is 0.0509. The van der Waals surface area contributed by atoms with Gasteiger partial charge in [-0.05, 0) is 51.0 Å². The fourth-order valence-corrected chi connectivity index (χ4v) is 4.44. The summed E-state index contributed by atoms with van der Waals surface area (Å²) in [6, 6.07) is 13.8. The van der Waals surface area contributed by atoms with E-state index >= 15 is 0 Å². The number of hydrogen-bond donors (Lipinski definition) is 0. The van der Waals surface area contributed by atoms with E-state index in [1.165, 1.54) is 23.9 Å². The lowest BCUT2D eigenvalue weighted by molar-refractivity contribution is 0.0953. The molecular weight excluding hydrogens is 401 g/mol. The average molecular weight is 426 g/mol. The largest absolute Gasteiger partial charge is 0.376 e. The lowest BCUT2D eigenvalue weighted by Crippen LogP contribution is -2.19. The van der Waals surface area contributed by atoms with E-state index in [1.54, 1.807) is 12.1 Å². The Bertz CT molecular complexity index is 1010. The fraction of sp³-hybridized carbons (Fsp3) is 0.348. The van der Waals surface area contributed by atoms with E-state index in [-0.39, 0.29) is 23.0 Å². The second kappa shape index (κ2) is 9.10. The summed E-state index contributed by atoms with van der Waals surface area (Å²) in [5.41, 5.74) is 2.59. The number of halogens is 1. The van der Waals surface area contributed by atoms with Gasteiger partial charge in [-0.15, -0.1) is 10.2 Å². The van der Waals surface area contributed by atoms with Gasteiger partial charge in [0.25, 0.3) is 0 Å². The maximum atomic E-state index is 13.4. The number of aromatic nitrogens is 3. The van der Waals surface area contributed by atoms with E-state index in [1.807, 2.05) is 42.7 Å². The Labute approximate surface area is 179 Å². The van der Waals surface area contributed by atoms with Crippen molar-refractivity contribution >= 4 is 17.5 Å². The zero-order chi connectivity index (χ0) is 21.1. The molecule has 0 bridgehead atoms. The van der Waals surface area contributed by atoms with Gasteiger partial charge in [-0.3, -0.25) is 9.36 Å². The zero-order valence-electron chi connectivity index (χ0n) is 17.0. The maximum absolute atomic E-state index is 13.4. The monoisotopic (exact) mass is 425 g/mol. The molecular formula is C23H24FN3O2S. The van der Waals surface area contributed by atoms with Gasteiger partial charge in [0.05, 0.1) is 17.9 Å². The van der Waals surface area contributed by atoms with Crippen LogP contribution in [0.15, 0.2) is 53.7 Å². The fourth-order valence-electron chi connectivity index (χ4n) is 3.51. The number of rotatable bonds is 7. The average Bonchev–Trinajstić information content (AvgIpc) is 3.40. The summed E-state index contributed by atoms with van der Waals surface area (Å²) in [5.74, 6) is 0.411. The Morgan fingerprint density at radius 1 is 1.20 bits per heavy atom. The lowest BCUT2D eigenvalue weighted by atomic mass is 10.1. The molecule has 7 heteroatoms. The highest BCUT2D eigenvalue weighted by Gasteiger charge is 2.25. The summed E-state index contributed by atoms with van der Waals surface area (Å²) in [5, 5.41) is 9.07. The molecule has 1 fully saturated rings. The first-order valence-corrected chi connectivity index (χ1v) is 11.0. The maximum Gasteiger partial charge on any atom is 0.192 e. The molecule has 156 valence electrons. The van der Waals surface area contributed by atoms with Gasteiger partial charge in [-0.1, -0.05) is 41.6 Å². The van der Waals surface area contributed by atoms with Gasteiger partial charge >= 0.3 is 0 Å². The van der Waals surface area contributed by atoms with Crippen LogP contribution in [0.4, 0.5) is 4.39 Å². The van der Waals surface area contributed by atoms with Gasteiger partial charge in [-0.25, -0.2) is 4.39 Å². The lowest BCUT2D eigenvalue weighted by Gasteiger charge is -2.16. The first-order chi connectivity index (χ1) is 14.5. The van der Waals surface area contributed by atoms with Crippen LogP contribution in [0.25, 0.3) is 11.4 Å². The third kappa shape index (κ3) is 4.63. The van der Waals surface area contributed by atoms with Gasteiger partial charge in [-0.2, -0.15) is 0 Å². The van der Waals surface area contributed by atoms with Crippen LogP contribution in [0, 0.1) is 12.7 Å². The molecule has 0 aliphatic carbocycles. The quantitative estimate of drug-likeness (QED) is 0.397. The van der Waals surface area contributed by atoms with Crippen LogP contribution in [0.1, 0.15) is 35.7 Å². The van der Waals surface area contributed by atoms with Crippen molar-refractivity contribution in [1.29, 1.82) is 0 Å². The minimum atomic E-state index is -0.318. The normalized spacial score (nSPS) is 17.2. The molecule has 0 radical (unpaired) electrons. The predicted octanol–water partition coefficient (Wildman–Crippen LogP) is 4.94. The molecule has 1 aliphatic heterocycles. The number of carbonyl (C=O) groups is 1. The van der Waals surface area contributed by atoms with Crippen molar-refractivity contribution in [3.05, 3.63) is 65.5 Å². The van der Waals surface area contributed by atoms with E-state index < -0.39 is 0 Å². The number of aryl methyl sites for hydroxylation is 1. The number of hydrogen-bond acceptors (Lipinski definition) is 5. The molecule has 2 aromatic carbocycles. The Morgan fingerprint density at radius 3 is 2.60 bits per heavy atom. The number of ether oxygens (including phenoxy) is 1. The number of Topliss-reactive ketones (excluding diaryl/α,β-unsaturated/α-hetero) is 1. The summed E-state index contributed by atoms with van der Waals surface area (Å²) >= 11 is 1.39. The molecule has 4 rings (SSSR count). The number of ketones is 1. The summed E-state index contributed by atoms with van der Waals surface area (Å²) in [4.78, 5) is 12.9. The molecule has 0 spiro atoms. The van der Waals surface area contributed by atoms with E-state index in [4.69, 9.17) is 4.74 Å². The summed E-state index contributed by atoms with van der Waals surface area (Å²) in [7, 11) is 0. The molecule has 1 saturated heterocycles. The van der Waals surface area contributed by atoms with Gasteiger partial charge in [0.2, 0.25) is 0 Å². The van der Waals surface area contributed by atoms with Gasteiger partial charge in [0.15, 0.2) is 16.8 Å². The minimum Gasteiger partial charge on any atom is -0.376 e. The third-order valence-electron chi connectivity index (χ3n) is 5.22. The molecule has 0 saturated carbocycles. The Balaban J connectivity index is 1.60. The van der Waals surface area contributed by atoms with Crippen LogP contribution in [0.2, 0.25) is 0 Å². The first kappa shape index (κ1) is 20.8. The molecule has 1 aromatic heterocycles. The highest BCUT2D eigenvalue weighted by molar-refractivity contribution is 8.00. The van der Waals surface area contributed by atoms with Crippen molar-refractivity contribution in [2.75, 3.05) is 6.61 Å². The number of benzene rings is 2. The molecule has 0 N–H and O–H groups in total. The molecule has 2 atom stereocenters. The third-order valence-corrected chi connectivity index (χ3v) is 6.30. The van der Waals surface area contributed by atoms with Crippen molar-refractivity contribution in [2.24, 2.45) is 0 Å². The van der Waals surface area contributed by atoms with Crippen LogP contribution in [-0.4, -0.2) is 38.5 Å². The van der Waals surface area contributed by atoms with E-state index in [2.05, 4.69) is 10.2 Å². The highest BCUT2D eigenvalue weighted by atomic mass is 32.2. The number of thioether (sulfide) groups is 1. The van der Waals surface area contributed by atoms with Crippen LogP contribution < -0.4 is 0 Å². The summed E-state index contributed by atoms with van der Waals surface area (Å²) in [6.45, 7) is 5.24. The topological polar surface area (TPSA) is 57.0 Å². The number of nitrogens with zero attached hydrogens (tertiary/aromatic N) is 3. The predicted molar refractivity (Wildman–Crippen MR) is 115 cm³/mol. The SMILES string of the molecule is Cc1ccc(C(=O)C(C)Sc2nnc(-c3ccc(F)cc3)n2CC2CCCO2)cc1. The summed E-state index contributed by atoms with van der Waals surface area (Å²) < 4.78 is 21.2. The van der Waals surface area contributed by atoms with Gasteiger partial charge in [0.1, 0.15) is 5.82 Å².